The fourth-order valence-electron chi connectivity index (χ4n) is 4.05. The summed E-state index contributed by atoms with van der Waals surface area (Å²) in [6.07, 6.45) is 1.35. The largest absolute Gasteiger partial charge is 0.422 e. The second-order valence-electron chi connectivity index (χ2n) is 8.51. The van der Waals surface area contributed by atoms with Gasteiger partial charge in [0.25, 0.3) is 11.6 Å². The van der Waals surface area contributed by atoms with Gasteiger partial charge in [-0.2, -0.15) is 5.10 Å². The lowest BCUT2D eigenvalue weighted by atomic mass is 10.0. The number of aromatic amines is 1. The Kier molecular flexibility index (Phi) is 7.72. The third-order valence-electron chi connectivity index (χ3n) is 5.91. The van der Waals surface area contributed by atoms with Crippen molar-refractivity contribution < 1.29 is 19.2 Å². The molecule has 0 fully saturated rings. The van der Waals surface area contributed by atoms with Crippen LogP contribution in [0.15, 0.2) is 101 Å². The Hall–Kier alpha value is -4.80. The molecule has 198 valence electrons. The maximum absolute atomic E-state index is 13.2. The second-order valence-corrected chi connectivity index (χ2v) is 9.86. The van der Waals surface area contributed by atoms with Crippen LogP contribution < -0.4 is 10.2 Å². The summed E-state index contributed by atoms with van der Waals surface area (Å²) in [4.78, 5) is 39.4. The van der Waals surface area contributed by atoms with Gasteiger partial charge >= 0.3 is 5.97 Å². The fraction of sp³-hybridized carbons (Fsp3) is 0. The van der Waals surface area contributed by atoms with Gasteiger partial charge in [0, 0.05) is 43.7 Å². The van der Waals surface area contributed by atoms with E-state index in [1.54, 1.807) is 36.4 Å². The lowest BCUT2D eigenvalue weighted by molar-refractivity contribution is -0.384. The summed E-state index contributed by atoms with van der Waals surface area (Å²) in [6.45, 7) is 0. The van der Waals surface area contributed by atoms with E-state index < -0.39 is 16.8 Å². The van der Waals surface area contributed by atoms with Gasteiger partial charge in [-0.25, -0.2) is 10.2 Å². The molecule has 4 aromatic carbocycles. The number of nitro benzene ring substituents is 1. The number of hydrogen-bond acceptors (Lipinski definition) is 6. The van der Waals surface area contributed by atoms with Crippen molar-refractivity contribution in [2.45, 2.75) is 0 Å². The normalized spacial score (nSPS) is 11.1. The average molecular weight is 618 g/mol. The highest BCUT2D eigenvalue weighted by Crippen LogP contribution is 2.34. The summed E-state index contributed by atoms with van der Waals surface area (Å²) < 4.78 is 6.19. The van der Waals surface area contributed by atoms with Crippen molar-refractivity contribution in [2.75, 3.05) is 0 Å². The van der Waals surface area contributed by atoms with Gasteiger partial charge in [0.1, 0.15) is 11.4 Å². The van der Waals surface area contributed by atoms with Gasteiger partial charge in [0.15, 0.2) is 0 Å². The van der Waals surface area contributed by atoms with Crippen molar-refractivity contribution in [3.05, 3.63) is 127 Å². The van der Waals surface area contributed by atoms with E-state index >= 15 is 0 Å². The first-order valence-corrected chi connectivity index (χ1v) is 12.9. The van der Waals surface area contributed by atoms with Crippen molar-refractivity contribution in [3.63, 3.8) is 0 Å². The molecule has 5 aromatic rings. The van der Waals surface area contributed by atoms with Crippen LogP contribution in [-0.4, -0.2) is 28.0 Å². The Morgan fingerprint density at radius 3 is 2.48 bits per heavy atom. The number of nitrogens with zero attached hydrogens (tertiary/aromatic N) is 2. The number of hydrogen-bond donors (Lipinski definition) is 2. The third-order valence-corrected chi connectivity index (χ3v) is 6.64. The number of H-pyrrole nitrogens is 1. The highest BCUT2D eigenvalue weighted by atomic mass is 79.9. The Morgan fingerprint density at radius 2 is 1.75 bits per heavy atom. The van der Waals surface area contributed by atoms with Crippen LogP contribution in [0.3, 0.4) is 0 Å². The fourth-order valence-corrected chi connectivity index (χ4v) is 4.60. The Bertz CT molecular complexity index is 1790. The average Bonchev–Trinajstić information content (AvgIpc) is 3.33. The summed E-state index contributed by atoms with van der Waals surface area (Å²) in [5, 5.41) is 16.3. The minimum Gasteiger partial charge on any atom is -0.422 e. The Balaban J connectivity index is 1.39. The molecule has 0 radical (unpaired) electrons. The molecule has 1 aromatic heterocycles. The van der Waals surface area contributed by atoms with E-state index in [1.165, 1.54) is 30.5 Å². The van der Waals surface area contributed by atoms with E-state index in [-0.39, 0.29) is 17.0 Å². The van der Waals surface area contributed by atoms with E-state index in [0.717, 1.165) is 16.5 Å². The molecule has 0 saturated heterocycles. The molecule has 5 rings (SSSR count). The molecule has 0 aliphatic heterocycles. The lowest BCUT2D eigenvalue weighted by Gasteiger charge is -2.08. The molecular weight excluding hydrogens is 600 g/mol. The number of halogens is 2. The predicted octanol–water partition coefficient (Wildman–Crippen LogP) is 7.14. The second kappa shape index (κ2) is 11.5. The van der Waals surface area contributed by atoms with Gasteiger partial charge in [-0.1, -0.05) is 57.9 Å². The minimum absolute atomic E-state index is 0.136. The van der Waals surface area contributed by atoms with Crippen LogP contribution in [0.4, 0.5) is 5.69 Å². The zero-order chi connectivity index (χ0) is 28.2. The van der Waals surface area contributed by atoms with Gasteiger partial charge in [0.05, 0.1) is 16.7 Å². The quantitative estimate of drug-likeness (QED) is 0.0660. The molecule has 0 aliphatic rings. The first-order valence-electron chi connectivity index (χ1n) is 11.8. The summed E-state index contributed by atoms with van der Waals surface area (Å²) in [7, 11) is 0. The molecule has 1 amide bonds. The van der Waals surface area contributed by atoms with E-state index in [1.807, 2.05) is 30.3 Å². The first kappa shape index (κ1) is 26.8. The number of rotatable bonds is 7. The number of ether oxygens (including phenoxy) is 1. The minimum atomic E-state index is -0.708. The molecule has 0 saturated carbocycles. The number of carbonyl (C=O) groups excluding carboxylic acids is 2. The van der Waals surface area contributed by atoms with Crippen LogP contribution in [0.25, 0.3) is 22.0 Å². The van der Waals surface area contributed by atoms with Crippen LogP contribution in [0, 0.1) is 10.1 Å². The number of amides is 1. The van der Waals surface area contributed by atoms with Crippen LogP contribution >= 0.6 is 27.5 Å². The number of aromatic nitrogens is 1. The maximum Gasteiger partial charge on any atom is 0.343 e. The first-order chi connectivity index (χ1) is 19.3. The molecule has 0 bridgehead atoms. The zero-order valence-electron chi connectivity index (χ0n) is 20.4. The van der Waals surface area contributed by atoms with E-state index in [0.29, 0.717) is 26.3 Å². The number of nitrogens with one attached hydrogen (secondary N) is 2. The number of hydrazone groups is 1. The van der Waals surface area contributed by atoms with Gasteiger partial charge in [-0.15, -0.1) is 0 Å². The molecule has 40 heavy (non-hydrogen) atoms. The van der Waals surface area contributed by atoms with Crippen molar-refractivity contribution in [1.82, 2.24) is 10.4 Å². The molecule has 0 spiro atoms. The van der Waals surface area contributed by atoms with Gasteiger partial charge in [-0.05, 0) is 54.1 Å². The standard InChI is InChI=1S/C29H18BrClN4O5/c30-20-8-13-25(40-29(37)18-6-10-22(11-7-18)35(38)39)19(14-20)16-32-34-28(36)27-26(17-4-2-1-3-5-17)23-15-21(31)9-12-24(23)33-27/h1-16,33H,(H,34,36). The van der Waals surface area contributed by atoms with E-state index in [9.17, 15) is 19.7 Å². The molecule has 11 heteroatoms. The summed E-state index contributed by atoms with van der Waals surface area (Å²) in [5.41, 5.74) is 5.49. The summed E-state index contributed by atoms with van der Waals surface area (Å²) in [5.74, 6) is -1.02. The molecule has 0 atom stereocenters. The highest BCUT2D eigenvalue weighted by molar-refractivity contribution is 9.10. The number of non-ortho nitro benzene ring substituents is 1. The third kappa shape index (κ3) is 5.78. The van der Waals surface area contributed by atoms with Gasteiger partial charge in [0.2, 0.25) is 0 Å². The SMILES string of the molecule is O=C(Oc1ccc(Br)cc1C=NNC(=O)c1[nH]c2ccc(Cl)cc2c1-c1ccccc1)c1ccc([N+](=O)[O-])cc1. The van der Waals surface area contributed by atoms with Crippen LogP contribution in [0.1, 0.15) is 26.4 Å². The van der Waals surface area contributed by atoms with Gasteiger partial charge < -0.3 is 9.72 Å². The monoisotopic (exact) mass is 616 g/mol. The smallest absolute Gasteiger partial charge is 0.343 e. The molecule has 2 N–H and O–H groups in total. The molecule has 0 aliphatic carbocycles. The Labute approximate surface area is 240 Å². The number of benzene rings is 4. The summed E-state index contributed by atoms with van der Waals surface area (Å²) >= 11 is 9.61. The van der Waals surface area contributed by atoms with Crippen LogP contribution in [0.5, 0.6) is 5.75 Å². The molecular formula is C29H18BrClN4O5. The molecule has 1 heterocycles. The number of carbonyl (C=O) groups is 2. The van der Waals surface area contributed by atoms with Gasteiger partial charge in [-0.3, -0.25) is 14.9 Å². The number of nitro groups is 1. The van der Waals surface area contributed by atoms with Crippen molar-refractivity contribution in [3.8, 4) is 16.9 Å². The van der Waals surface area contributed by atoms with E-state index in [4.69, 9.17) is 16.3 Å². The topological polar surface area (TPSA) is 127 Å². The van der Waals surface area contributed by atoms with Crippen LogP contribution in [0.2, 0.25) is 5.02 Å². The number of fused-ring (bicyclic) bond motifs is 1. The Morgan fingerprint density at radius 1 is 1.00 bits per heavy atom. The predicted molar refractivity (Wildman–Crippen MR) is 156 cm³/mol. The van der Waals surface area contributed by atoms with Crippen molar-refractivity contribution in [2.24, 2.45) is 5.10 Å². The molecule has 9 nitrogen and oxygen atoms in total. The van der Waals surface area contributed by atoms with Crippen molar-refractivity contribution in [1.29, 1.82) is 0 Å². The van der Waals surface area contributed by atoms with Crippen molar-refractivity contribution >= 4 is 62.2 Å². The zero-order valence-corrected chi connectivity index (χ0v) is 22.8. The number of esters is 1. The molecule has 0 unspecified atom stereocenters. The maximum atomic E-state index is 13.2. The highest BCUT2D eigenvalue weighted by Gasteiger charge is 2.19. The van der Waals surface area contributed by atoms with Crippen LogP contribution in [-0.2, 0) is 0 Å². The van der Waals surface area contributed by atoms with E-state index in [2.05, 4.69) is 31.4 Å². The summed E-state index contributed by atoms with van der Waals surface area (Å²) in [6, 6.07) is 24.7. The lowest BCUT2D eigenvalue weighted by Crippen LogP contribution is -2.19.